The molecule has 3 aliphatic carbocycles. The molecule has 1 heterocycles. The zero-order valence-corrected chi connectivity index (χ0v) is 21.4. The second-order valence-electron chi connectivity index (χ2n) is 11.0. The topological polar surface area (TPSA) is 50.0 Å². The Kier molecular flexibility index (Phi) is 13.2. The van der Waals surface area contributed by atoms with E-state index in [2.05, 4.69) is 13.8 Å². The molecule has 0 aromatic carbocycles. The Hall–Kier alpha value is -0.260. The number of hydrogen-bond donors (Lipinski definition) is 0. The zero-order valence-electron chi connectivity index (χ0n) is 21.4. The van der Waals surface area contributed by atoms with Crippen LogP contribution in [0.25, 0.3) is 0 Å². The van der Waals surface area contributed by atoms with Gasteiger partial charge in [0, 0.05) is 15.4 Å². The van der Waals surface area contributed by atoms with Gasteiger partial charge in [-0.25, -0.2) is 4.39 Å². The highest BCUT2D eigenvalue weighted by molar-refractivity contribution is 4.95. The van der Waals surface area contributed by atoms with Crippen molar-refractivity contribution in [3.05, 3.63) is 0 Å². The molecule has 196 valence electrons. The Morgan fingerprint density at radius 2 is 1.34 bits per heavy atom. The van der Waals surface area contributed by atoms with Crippen molar-refractivity contribution in [2.24, 2.45) is 35.5 Å². The average molecular weight is 467 g/mol. The van der Waals surface area contributed by atoms with E-state index in [4.69, 9.17) is 9.47 Å². The van der Waals surface area contributed by atoms with Gasteiger partial charge in [-0.15, -0.1) is 0 Å². The number of halogens is 2. The minimum absolute atomic E-state index is 0. The quantitative estimate of drug-likeness (QED) is 0.433. The van der Waals surface area contributed by atoms with E-state index in [-0.39, 0.29) is 37.3 Å². The predicted octanol–water partition coefficient (Wildman–Crippen LogP) is 7.41. The fourth-order valence-corrected chi connectivity index (χ4v) is 6.73. The first-order chi connectivity index (χ1) is 14.5. The molecule has 6 atom stereocenters. The minimum atomic E-state index is -0.865. The molecule has 0 spiro atoms. The van der Waals surface area contributed by atoms with Gasteiger partial charge in [-0.1, -0.05) is 40.5 Å². The van der Waals surface area contributed by atoms with E-state index in [9.17, 15) is 4.39 Å². The van der Waals surface area contributed by atoms with Crippen LogP contribution in [0.1, 0.15) is 108 Å². The third kappa shape index (κ3) is 7.37. The molecule has 32 heavy (non-hydrogen) atoms. The summed E-state index contributed by atoms with van der Waals surface area (Å²) in [6, 6.07) is 0. The van der Waals surface area contributed by atoms with Crippen LogP contribution in [0.3, 0.4) is 0 Å². The number of hydrogen-bond acceptors (Lipinski definition) is 2. The van der Waals surface area contributed by atoms with Crippen LogP contribution in [0.5, 0.6) is 0 Å². The Morgan fingerprint density at radius 3 is 1.94 bits per heavy atom. The Balaban J connectivity index is 0. The molecule has 0 radical (unpaired) electrons. The first kappa shape index (κ1) is 29.8. The van der Waals surface area contributed by atoms with Crippen LogP contribution < -0.4 is 0 Å². The molecule has 5 heteroatoms. The lowest BCUT2D eigenvalue weighted by atomic mass is 9.69. The first-order valence-corrected chi connectivity index (χ1v) is 13.4. The lowest BCUT2D eigenvalue weighted by molar-refractivity contribution is -0.175. The maximum atomic E-state index is 15.0. The van der Waals surface area contributed by atoms with Gasteiger partial charge in [0.15, 0.2) is 0 Å². The average Bonchev–Trinajstić information content (AvgIpc) is 2.78. The molecular formula is C27H56F2O3. The van der Waals surface area contributed by atoms with Crippen LogP contribution in [0.15, 0.2) is 0 Å². The molecule has 1 saturated heterocycles. The summed E-state index contributed by atoms with van der Waals surface area (Å²) in [6.45, 7) is 11.4. The van der Waals surface area contributed by atoms with Gasteiger partial charge in [0.05, 0.1) is 18.3 Å². The van der Waals surface area contributed by atoms with Crippen molar-refractivity contribution >= 4 is 0 Å². The standard InChI is InChI=1S/C25H43FO2.C2H6.FH.H2O.2H2/c1-16-4-9-20(10-5-16)21-12-7-19(8-13-21)15-27-23-14-22-11-6-17(2)28-25(22)24(26)18(23)3;1-2;;;;/h16-25H,4-15H2,1-3H3;1-2H3;1H;1H2;2*1H. The summed E-state index contributed by atoms with van der Waals surface area (Å²) >= 11 is 0. The van der Waals surface area contributed by atoms with E-state index in [1.54, 1.807) is 0 Å². The lowest BCUT2D eigenvalue weighted by Gasteiger charge is -2.46. The Morgan fingerprint density at radius 1 is 0.812 bits per heavy atom. The Labute approximate surface area is 199 Å². The van der Waals surface area contributed by atoms with Crippen LogP contribution in [0.2, 0.25) is 0 Å². The van der Waals surface area contributed by atoms with Crippen molar-refractivity contribution in [3.8, 4) is 0 Å². The molecule has 4 fully saturated rings. The van der Waals surface area contributed by atoms with Gasteiger partial charge in [0.25, 0.3) is 0 Å². The van der Waals surface area contributed by atoms with Crippen molar-refractivity contribution in [1.82, 2.24) is 0 Å². The van der Waals surface area contributed by atoms with E-state index in [1.165, 1.54) is 51.4 Å². The number of rotatable bonds is 4. The third-order valence-corrected chi connectivity index (χ3v) is 8.90. The molecule has 4 aliphatic rings. The number of ether oxygens (including phenoxy) is 2. The van der Waals surface area contributed by atoms with Crippen molar-refractivity contribution in [1.29, 1.82) is 0 Å². The molecule has 3 saturated carbocycles. The van der Waals surface area contributed by atoms with E-state index in [1.807, 2.05) is 20.8 Å². The van der Waals surface area contributed by atoms with Crippen LogP contribution in [-0.4, -0.2) is 36.6 Å². The molecule has 0 aromatic heterocycles. The van der Waals surface area contributed by atoms with Crippen molar-refractivity contribution in [3.63, 3.8) is 0 Å². The van der Waals surface area contributed by atoms with Crippen molar-refractivity contribution in [2.75, 3.05) is 6.61 Å². The molecule has 6 unspecified atom stereocenters. The monoisotopic (exact) mass is 466 g/mol. The summed E-state index contributed by atoms with van der Waals surface area (Å²) in [7, 11) is 0. The molecule has 0 bridgehead atoms. The van der Waals surface area contributed by atoms with Crippen LogP contribution in [0, 0.1) is 35.5 Å². The molecule has 0 amide bonds. The van der Waals surface area contributed by atoms with Gasteiger partial charge in [0.2, 0.25) is 0 Å². The third-order valence-electron chi connectivity index (χ3n) is 8.90. The van der Waals surface area contributed by atoms with Crippen LogP contribution >= 0.6 is 0 Å². The molecule has 4 rings (SSSR count). The normalized spacial score (nSPS) is 44.1. The lowest BCUT2D eigenvalue weighted by Crippen LogP contribution is -2.52. The van der Waals surface area contributed by atoms with Gasteiger partial charge in [-0.3, -0.25) is 4.70 Å². The summed E-state index contributed by atoms with van der Waals surface area (Å²) in [4.78, 5) is 0. The second-order valence-corrected chi connectivity index (χ2v) is 11.0. The van der Waals surface area contributed by atoms with Crippen molar-refractivity contribution in [2.45, 2.75) is 130 Å². The maximum absolute atomic E-state index is 15.0. The van der Waals surface area contributed by atoms with E-state index in [0.29, 0.717) is 11.8 Å². The summed E-state index contributed by atoms with van der Waals surface area (Å²) in [5.41, 5.74) is 0. The van der Waals surface area contributed by atoms with Gasteiger partial charge in [0.1, 0.15) is 6.17 Å². The smallest absolute Gasteiger partial charge is 0.131 e. The predicted molar refractivity (Wildman–Crippen MR) is 134 cm³/mol. The van der Waals surface area contributed by atoms with Crippen LogP contribution in [-0.2, 0) is 9.47 Å². The summed E-state index contributed by atoms with van der Waals surface area (Å²) in [5.74, 6) is 3.94. The largest absolute Gasteiger partial charge is 0.412 e. The SMILES string of the molecule is CC.CC1CCC(C2CCC(COC3CC4CCC(C)OC4C(F)C3C)CC2)CC1.F.O.[HH].[HH]. The van der Waals surface area contributed by atoms with Gasteiger partial charge < -0.3 is 14.9 Å². The van der Waals surface area contributed by atoms with E-state index >= 15 is 0 Å². The van der Waals surface area contributed by atoms with E-state index < -0.39 is 6.17 Å². The van der Waals surface area contributed by atoms with Crippen molar-refractivity contribution < 1.29 is 26.9 Å². The summed E-state index contributed by atoms with van der Waals surface area (Å²) in [6.07, 6.45) is 13.7. The second kappa shape index (κ2) is 14.2. The maximum Gasteiger partial charge on any atom is 0.131 e. The number of alkyl halides is 1. The molecule has 3 nitrogen and oxygen atoms in total. The zero-order chi connectivity index (χ0) is 21.7. The molecular weight excluding hydrogens is 410 g/mol. The highest BCUT2D eigenvalue weighted by Crippen LogP contribution is 2.43. The highest BCUT2D eigenvalue weighted by Gasteiger charge is 2.46. The summed E-state index contributed by atoms with van der Waals surface area (Å²) < 4.78 is 27.3. The Bertz CT molecular complexity index is 498. The van der Waals surface area contributed by atoms with Gasteiger partial charge >= 0.3 is 0 Å². The summed E-state index contributed by atoms with van der Waals surface area (Å²) in [5, 5.41) is 0. The van der Waals surface area contributed by atoms with E-state index in [0.717, 1.165) is 43.6 Å². The number of fused-ring (bicyclic) bond motifs is 1. The van der Waals surface area contributed by atoms with Gasteiger partial charge in [-0.2, -0.15) is 0 Å². The first-order valence-electron chi connectivity index (χ1n) is 13.4. The minimum Gasteiger partial charge on any atom is -0.412 e. The highest BCUT2D eigenvalue weighted by atomic mass is 19.1. The van der Waals surface area contributed by atoms with Gasteiger partial charge in [-0.05, 0) is 94.3 Å². The molecule has 2 N–H and O–H groups in total. The molecule has 1 aliphatic heterocycles. The fourth-order valence-electron chi connectivity index (χ4n) is 6.73. The molecule has 0 aromatic rings. The fraction of sp³-hybridized carbons (Fsp3) is 1.00. The van der Waals surface area contributed by atoms with Crippen LogP contribution in [0.4, 0.5) is 9.09 Å².